The van der Waals surface area contributed by atoms with Crippen molar-refractivity contribution in [3.8, 4) is 0 Å². The number of anilines is 1. The van der Waals surface area contributed by atoms with Crippen LogP contribution in [0.3, 0.4) is 0 Å². The van der Waals surface area contributed by atoms with E-state index in [0.29, 0.717) is 0 Å². The quantitative estimate of drug-likeness (QED) is 0.778. The van der Waals surface area contributed by atoms with Crippen LogP contribution in [-0.2, 0) is 20.0 Å². The zero-order chi connectivity index (χ0) is 17.7. The Hall–Kier alpha value is -1.85. The molecule has 2 N–H and O–H groups in total. The van der Waals surface area contributed by atoms with Crippen LogP contribution in [0.5, 0.6) is 0 Å². The van der Waals surface area contributed by atoms with Crippen LogP contribution < -0.4 is 10.2 Å². The molecule has 0 saturated carbocycles. The molecule has 0 aliphatic carbocycles. The second-order valence-corrected chi connectivity index (χ2v) is 6.78. The fourth-order valence-electron chi connectivity index (χ4n) is 3.23. The molecular weight excluding hydrogens is 300 g/mol. The minimum absolute atomic E-state index is 0.188. The van der Waals surface area contributed by atoms with E-state index in [1.807, 2.05) is 32.7 Å². The first-order chi connectivity index (χ1) is 11.4. The van der Waals surface area contributed by atoms with Crippen LogP contribution in [0.1, 0.15) is 22.4 Å². The molecule has 24 heavy (non-hydrogen) atoms. The Morgan fingerprint density at radius 2 is 2.04 bits per heavy atom. The summed E-state index contributed by atoms with van der Waals surface area (Å²) in [6.45, 7) is 5.88. The maximum Gasteiger partial charge on any atom is 0.130 e. The summed E-state index contributed by atoms with van der Waals surface area (Å²) in [5, 5.41) is 17.7. The maximum absolute atomic E-state index is 9.69. The van der Waals surface area contributed by atoms with Gasteiger partial charge in [0.1, 0.15) is 5.82 Å². The largest absolute Gasteiger partial charge is 0.396 e. The van der Waals surface area contributed by atoms with Gasteiger partial charge in [-0.05, 0) is 31.7 Å². The SMILES string of the molecule is Cc1cccc(C[C@@H](CO)CNCc2c(C)nn(C)c2N(C)C)c1. The summed E-state index contributed by atoms with van der Waals surface area (Å²) in [5.74, 6) is 1.34. The highest BCUT2D eigenvalue weighted by atomic mass is 16.3. The molecule has 132 valence electrons. The molecule has 1 aromatic heterocycles. The first-order valence-electron chi connectivity index (χ1n) is 8.49. The molecule has 0 bridgehead atoms. The van der Waals surface area contributed by atoms with Gasteiger partial charge >= 0.3 is 0 Å². The van der Waals surface area contributed by atoms with Gasteiger partial charge in [0.15, 0.2) is 0 Å². The number of hydrogen-bond acceptors (Lipinski definition) is 4. The van der Waals surface area contributed by atoms with Crippen molar-refractivity contribution in [2.75, 3.05) is 32.1 Å². The summed E-state index contributed by atoms with van der Waals surface area (Å²) < 4.78 is 1.92. The van der Waals surface area contributed by atoms with Crippen LogP contribution in [0.15, 0.2) is 24.3 Å². The van der Waals surface area contributed by atoms with Crippen LogP contribution in [0, 0.1) is 19.8 Å². The molecule has 0 saturated heterocycles. The lowest BCUT2D eigenvalue weighted by Gasteiger charge is -2.18. The number of hydrogen-bond donors (Lipinski definition) is 2. The maximum atomic E-state index is 9.69. The predicted octanol–water partition coefficient (Wildman–Crippen LogP) is 2.04. The fourth-order valence-corrected chi connectivity index (χ4v) is 3.23. The van der Waals surface area contributed by atoms with Crippen molar-refractivity contribution < 1.29 is 5.11 Å². The van der Waals surface area contributed by atoms with Crippen molar-refractivity contribution in [3.63, 3.8) is 0 Å². The van der Waals surface area contributed by atoms with Crippen LogP contribution >= 0.6 is 0 Å². The Labute approximate surface area is 145 Å². The Morgan fingerprint density at radius 3 is 2.67 bits per heavy atom. The van der Waals surface area contributed by atoms with Gasteiger partial charge in [0.25, 0.3) is 0 Å². The zero-order valence-electron chi connectivity index (χ0n) is 15.5. The number of aliphatic hydroxyl groups excluding tert-OH is 1. The summed E-state index contributed by atoms with van der Waals surface area (Å²) in [5.41, 5.74) is 4.81. The summed E-state index contributed by atoms with van der Waals surface area (Å²) in [6, 6.07) is 8.50. The first-order valence-corrected chi connectivity index (χ1v) is 8.49. The van der Waals surface area contributed by atoms with E-state index < -0.39 is 0 Å². The van der Waals surface area contributed by atoms with E-state index >= 15 is 0 Å². The molecule has 0 aliphatic heterocycles. The average Bonchev–Trinajstić information content (AvgIpc) is 2.80. The molecule has 0 unspecified atom stereocenters. The topological polar surface area (TPSA) is 53.3 Å². The van der Waals surface area contributed by atoms with Gasteiger partial charge in [0.05, 0.1) is 5.69 Å². The van der Waals surface area contributed by atoms with Crippen molar-refractivity contribution >= 4 is 5.82 Å². The smallest absolute Gasteiger partial charge is 0.130 e. The predicted molar refractivity (Wildman–Crippen MR) is 99.4 cm³/mol. The van der Waals surface area contributed by atoms with Crippen molar-refractivity contribution in [1.29, 1.82) is 0 Å². The van der Waals surface area contributed by atoms with Crippen LogP contribution in [0.4, 0.5) is 5.82 Å². The molecule has 0 aliphatic rings. The Balaban J connectivity index is 1.95. The van der Waals surface area contributed by atoms with Crippen LogP contribution in [0.25, 0.3) is 0 Å². The number of aliphatic hydroxyl groups is 1. The highest BCUT2D eigenvalue weighted by molar-refractivity contribution is 5.48. The normalized spacial score (nSPS) is 12.4. The van der Waals surface area contributed by atoms with Crippen molar-refractivity contribution in [2.24, 2.45) is 13.0 Å². The Morgan fingerprint density at radius 1 is 1.29 bits per heavy atom. The van der Waals surface area contributed by atoms with Gasteiger partial charge in [-0.25, -0.2) is 0 Å². The van der Waals surface area contributed by atoms with E-state index in [4.69, 9.17) is 0 Å². The number of rotatable bonds is 8. The summed E-state index contributed by atoms with van der Waals surface area (Å²) in [6.07, 6.45) is 0.887. The van der Waals surface area contributed by atoms with Crippen LogP contribution in [-0.4, -0.2) is 42.1 Å². The van der Waals surface area contributed by atoms with E-state index in [2.05, 4.69) is 46.5 Å². The van der Waals surface area contributed by atoms with Gasteiger partial charge in [-0.2, -0.15) is 5.10 Å². The molecule has 5 heteroatoms. The lowest BCUT2D eigenvalue weighted by atomic mass is 9.98. The molecule has 1 heterocycles. The van der Waals surface area contributed by atoms with E-state index in [1.54, 1.807) is 0 Å². The minimum atomic E-state index is 0.188. The number of nitrogens with zero attached hydrogens (tertiary/aromatic N) is 3. The van der Waals surface area contributed by atoms with Gasteiger partial charge in [0, 0.05) is 46.4 Å². The third kappa shape index (κ3) is 4.58. The molecule has 0 amide bonds. The van der Waals surface area contributed by atoms with E-state index in [-0.39, 0.29) is 12.5 Å². The molecule has 2 aromatic rings. The van der Waals surface area contributed by atoms with Gasteiger partial charge in [-0.1, -0.05) is 29.8 Å². The third-order valence-corrected chi connectivity index (χ3v) is 4.34. The van der Waals surface area contributed by atoms with Gasteiger partial charge in [-0.3, -0.25) is 4.68 Å². The molecular formula is C19H30N4O. The van der Waals surface area contributed by atoms with Crippen molar-refractivity contribution in [2.45, 2.75) is 26.8 Å². The second-order valence-electron chi connectivity index (χ2n) is 6.78. The molecule has 0 fully saturated rings. The molecule has 5 nitrogen and oxygen atoms in total. The monoisotopic (exact) mass is 330 g/mol. The minimum Gasteiger partial charge on any atom is -0.396 e. The summed E-state index contributed by atoms with van der Waals surface area (Å²) in [7, 11) is 6.04. The van der Waals surface area contributed by atoms with Gasteiger partial charge in [0.2, 0.25) is 0 Å². The number of aromatic nitrogens is 2. The molecule has 1 aromatic carbocycles. The zero-order valence-corrected chi connectivity index (χ0v) is 15.5. The van der Waals surface area contributed by atoms with E-state index in [1.165, 1.54) is 16.7 Å². The standard InChI is InChI=1S/C19H30N4O/c1-14-7-6-8-16(9-14)10-17(13-24)11-20-12-18-15(2)21-23(5)19(18)22(3)4/h6-9,17,20,24H,10-13H2,1-5H3/t17-/m1/s1. The lowest BCUT2D eigenvalue weighted by molar-refractivity contribution is 0.221. The molecule has 1 atom stereocenters. The number of aryl methyl sites for hydroxylation is 3. The highest BCUT2D eigenvalue weighted by Crippen LogP contribution is 2.21. The molecule has 2 rings (SSSR count). The van der Waals surface area contributed by atoms with E-state index in [9.17, 15) is 5.11 Å². The lowest BCUT2D eigenvalue weighted by Crippen LogP contribution is -2.27. The second kappa shape index (κ2) is 8.31. The van der Waals surface area contributed by atoms with Gasteiger partial charge < -0.3 is 15.3 Å². The number of nitrogens with one attached hydrogen (secondary N) is 1. The average molecular weight is 330 g/mol. The highest BCUT2D eigenvalue weighted by Gasteiger charge is 2.15. The van der Waals surface area contributed by atoms with Crippen LogP contribution in [0.2, 0.25) is 0 Å². The van der Waals surface area contributed by atoms with E-state index in [0.717, 1.165) is 31.0 Å². The Kier molecular flexibility index (Phi) is 6.40. The fraction of sp³-hybridized carbons (Fsp3) is 0.526. The Bertz CT molecular complexity index is 663. The van der Waals surface area contributed by atoms with Crippen molar-refractivity contribution in [1.82, 2.24) is 15.1 Å². The third-order valence-electron chi connectivity index (χ3n) is 4.34. The summed E-state index contributed by atoms with van der Waals surface area (Å²) in [4.78, 5) is 2.09. The summed E-state index contributed by atoms with van der Waals surface area (Å²) >= 11 is 0. The first kappa shape index (κ1) is 18.5. The van der Waals surface area contributed by atoms with Crippen molar-refractivity contribution in [3.05, 3.63) is 46.6 Å². The van der Waals surface area contributed by atoms with Gasteiger partial charge in [-0.15, -0.1) is 0 Å². The molecule has 0 spiro atoms. The molecule has 0 radical (unpaired) electrons. The number of benzene rings is 1.